The van der Waals surface area contributed by atoms with Gasteiger partial charge < -0.3 is 26.0 Å². The molecule has 0 aliphatic carbocycles. The Morgan fingerprint density at radius 3 is 2.50 bits per heavy atom. The fourth-order valence-corrected chi connectivity index (χ4v) is 3.01. The van der Waals surface area contributed by atoms with E-state index in [0.717, 1.165) is 24.8 Å². The van der Waals surface area contributed by atoms with Crippen LogP contribution >= 0.6 is 11.6 Å². The van der Waals surface area contributed by atoms with Crippen LogP contribution in [0.5, 0.6) is 11.5 Å². The number of halogens is 1. The molecule has 7 nitrogen and oxygen atoms in total. The number of esters is 1. The fraction of sp³-hybridized carbons (Fsp3) is 0.364. The van der Waals surface area contributed by atoms with Gasteiger partial charge in [-0.2, -0.15) is 0 Å². The van der Waals surface area contributed by atoms with E-state index in [1.807, 2.05) is 30.3 Å². The number of hydrogen-bond donors (Lipinski definition) is 3. The first-order valence-corrected chi connectivity index (χ1v) is 9.92. The summed E-state index contributed by atoms with van der Waals surface area (Å²) in [6, 6.07) is 11.0. The summed E-state index contributed by atoms with van der Waals surface area (Å²) >= 11 is 6.21. The number of hydrogen-bond acceptors (Lipinski definition) is 6. The standard InChI is InChI=1S/C22H26ClNO5.H3N/c1-3-4-8-11-29-20-14-19(25)16(13-17(20)23)21(26)24-18(22(27)28-2)12-15-9-6-5-7-10-15;/h5-7,9-10,13-14,18,25H,3-4,8,11-12H2,1-2H3,(H,24,26);1H3/t18-;/m0./s1. The van der Waals surface area contributed by atoms with Crippen molar-refractivity contribution >= 4 is 23.5 Å². The number of carbonyl (C=O) groups excluding carboxylic acids is 2. The van der Waals surface area contributed by atoms with Crippen LogP contribution in [0.2, 0.25) is 5.02 Å². The van der Waals surface area contributed by atoms with Gasteiger partial charge in [0.15, 0.2) is 0 Å². The van der Waals surface area contributed by atoms with Crippen LogP contribution in [0.15, 0.2) is 42.5 Å². The molecule has 30 heavy (non-hydrogen) atoms. The van der Waals surface area contributed by atoms with E-state index < -0.39 is 17.9 Å². The molecule has 8 heteroatoms. The molecule has 0 unspecified atom stereocenters. The molecule has 0 aliphatic rings. The molecule has 5 N–H and O–H groups in total. The van der Waals surface area contributed by atoms with Crippen molar-refractivity contribution in [3.63, 3.8) is 0 Å². The second-order valence-corrected chi connectivity index (χ2v) is 7.00. The summed E-state index contributed by atoms with van der Waals surface area (Å²) in [5.41, 5.74) is 0.819. The number of unbranched alkanes of at least 4 members (excludes halogenated alkanes) is 2. The molecule has 1 amide bonds. The highest BCUT2D eigenvalue weighted by Crippen LogP contribution is 2.32. The van der Waals surface area contributed by atoms with Gasteiger partial charge in [0.25, 0.3) is 5.91 Å². The number of rotatable bonds is 10. The minimum absolute atomic E-state index is 0. The lowest BCUT2D eigenvalue weighted by Gasteiger charge is -2.18. The predicted molar refractivity (Wildman–Crippen MR) is 117 cm³/mol. The third-order valence-corrected chi connectivity index (χ3v) is 4.67. The molecule has 2 aromatic carbocycles. The Morgan fingerprint density at radius 2 is 1.87 bits per heavy atom. The first-order valence-electron chi connectivity index (χ1n) is 9.54. The molecule has 0 radical (unpaired) electrons. The summed E-state index contributed by atoms with van der Waals surface area (Å²) in [7, 11) is 1.26. The van der Waals surface area contributed by atoms with Crippen molar-refractivity contribution in [1.82, 2.24) is 11.5 Å². The van der Waals surface area contributed by atoms with Gasteiger partial charge in [-0.15, -0.1) is 0 Å². The maximum atomic E-state index is 12.7. The van der Waals surface area contributed by atoms with Crippen LogP contribution in [0.3, 0.4) is 0 Å². The normalized spacial score (nSPS) is 11.2. The molecule has 0 spiro atoms. The van der Waals surface area contributed by atoms with Crippen LogP contribution in [0.1, 0.15) is 42.1 Å². The Labute approximate surface area is 181 Å². The summed E-state index contributed by atoms with van der Waals surface area (Å²) in [6.07, 6.45) is 3.22. The largest absolute Gasteiger partial charge is 0.507 e. The molecule has 0 heterocycles. The fourth-order valence-electron chi connectivity index (χ4n) is 2.79. The predicted octanol–water partition coefficient (Wildman–Crippen LogP) is 4.29. The van der Waals surface area contributed by atoms with Gasteiger partial charge in [0.1, 0.15) is 17.5 Å². The summed E-state index contributed by atoms with van der Waals surface area (Å²) in [6.45, 7) is 2.56. The van der Waals surface area contributed by atoms with E-state index in [1.165, 1.54) is 19.2 Å². The summed E-state index contributed by atoms with van der Waals surface area (Å²) in [5, 5.41) is 13.1. The molecular formula is C22H29ClN2O5. The van der Waals surface area contributed by atoms with E-state index in [2.05, 4.69) is 12.2 Å². The third-order valence-electron chi connectivity index (χ3n) is 4.37. The molecule has 0 fully saturated rings. The Kier molecular flexibility index (Phi) is 10.7. The second-order valence-electron chi connectivity index (χ2n) is 6.59. The minimum atomic E-state index is -0.905. The molecule has 0 aromatic heterocycles. The van der Waals surface area contributed by atoms with Gasteiger partial charge in [0, 0.05) is 12.5 Å². The van der Waals surface area contributed by atoms with E-state index in [-0.39, 0.29) is 28.9 Å². The SMILES string of the molecule is CCCCCOc1cc(O)c(C(=O)N[C@@H](Cc2ccccc2)C(=O)OC)cc1Cl.N. The lowest BCUT2D eigenvalue weighted by atomic mass is 10.1. The zero-order valence-corrected chi connectivity index (χ0v) is 18.1. The Morgan fingerprint density at radius 1 is 1.17 bits per heavy atom. The van der Waals surface area contributed by atoms with E-state index in [0.29, 0.717) is 12.4 Å². The lowest BCUT2D eigenvalue weighted by molar-refractivity contribution is -0.142. The number of ether oxygens (including phenoxy) is 2. The number of methoxy groups -OCH3 is 1. The number of aromatic hydroxyl groups is 1. The van der Waals surface area contributed by atoms with Gasteiger partial charge in [-0.1, -0.05) is 61.7 Å². The van der Waals surface area contributed by atoms with E-state index in [9.17, 15) is 14.7 Å². The molecule has 2 rings (SSSR count). The van der Waals surface area contributed by atoms with Crippen molar-refractivity contribution in [2.45, 2.75) is 38.6 Å². The van der Waals surface area contributed by atoms with Gasteiger partial charge in [-0.05, 0) is 18.1 Å². The highest BCUT2D eigenvalue weighted by molar-refractivity contribution is 6.32. The van der Waals surface area contributed by atoms with Gasteiger partial charge in [0.2, 0.25) is 0 Å². The lowest BCUT2D eigenvalue weighted by Crippen LogP contribution is -2.43. The first kappa shape index (κ1) is 25.3. The van der Waals surface area contributed by atoms with Crippen molar-refractivity contribution in [1.29, 1.82) is 0 Å². The Balaban J connectivity index is 0.00000450. The zero-order valence-electron chi connectivity index (χ0n) is 17.3. The van der Waals surface area contributed by atoms with Crippen molar-refractivity contribution in [3.05, 3.63) is 58.6 Å². The van der Waals surface area contributed by atoms with Crippen molar-refractivity contribution in [3.8, 4) is 11.5 Å². The smallest absolute Gasteiger partial charge is 0.328 e. The van der Waals surface area contributed by atoms with E-state index in [1.54, 1.807) is 0 Å². The zero-order chi connectivity index (χ0) is 21.2. The molecular weight excluding hydrogens is 408 g/mol. The third kappa shape index (κ3) is 7.24. The molecule has 0 bridgehead atoms. The van der Waals surface area contributed by atoms with E-state index >= 15 is 0 Å². The monoisotopic (exact) mass is 436 g/mol. The van der Waals surface area contributed by atoms with Crippen LogP contribution in [0, 0.1) is 0 Å². The van der Waals surface area contributed by atoms with E-state index in [4.69, 9.17) is 21.1 Å². The van der Waals surface area contributed by atoms with Gasteiger partial charge in [-0.25, -0.2) is 4.79 Å². The molecule has 1 atom stereocenters. The Hall–Kier alpha value is -2.77. The molecule has 0 saturated carbocycles. The maximum absolute atomic E-state index is 12.7. The summed E-state index contributed by atoms with van der Waals surface area (Å²) in [4.78, 5) is 24.8. The van der Waals surface area contributed by atoms with Crippen LogP contribution in [0.4, 0.5) is 0 Å². The average molecular weight is 437 g/mol. The van der Waals surface area contributed by atoms with Crippen molar-refractivity contribution < 1.29 is 24.2 Å². The number of carbonyl (C=O) groups is 2. The number of phenols is 1. The van der Waals surface area contributed by atoms with Crippen molar-refractivity contribution in [2.75, 3.05) is 13.7 Å². The molecule has 0 aliphatic heterocycles. The topological polar surface area (TPSA) is 120 Å². The van der Waals surface area contributed by atoms with Crippen LogP contribution in [-0.2, 0) is 16.0 Å². The number of benzene rings is 2. The number of nitrogens with one attached hydrogen (secondary N) is 1. The van der Waals surface area contributed by atoms with Crippen LogP contribution in [0.25, 0.3) is 0 Å². The summed E-state index contributed by atoms with van der Waals surface area (Å²) in [5.74, 6) is -1.18. The highest BCUT2D eigenvalue weighted by atomic mass is 35.5. The molecule has 0 saturated heterocycles. The molecule has 164 valence electrons. The highest BCUT2D eigenvalue weighted by Gasteiger charge is 2.24. The first-order chi connectivity index (χ1) is 14.0. The van der Waals surface area contributed by atoms with Gasteiger partial charge in [0.05, 0.1) is 24.3 Å². The second kappa shape index (κ2) is 12.7. The number of amides is 1. The minimum Gasteiger partial charge on any atom is -0.507 e. The van der Waals surface area contributed by atoms with Gasteiger partial charge >= 0.3 is 5.97 Å². The van der Waals surface area contributed by atoms with Crippen LogP contribution in [-0.4, -0.2) is 36.7 Å². The quantitative estimate of drug-likeness (QED) is 0.377. The van der Waals surface area contributed by atoms with Crippen LogP contribution < -0.4 is 16.2 Å². The summed E-state index contributed by atoms with van der Waals surface area (Å²) < 4.78 is 10.4. The van der Waals surface area contributed by atoms with Crippen molar-refractivity contribution in [2.24, 2.45) is 0 Å². The Bertz CT molecular complexity index is 830. The molecule has 2 aromatic rings. The number of phenolic OH excluding ortho intramolecular Hbond substituents is 1. The maximum Gasteiger partial charge on any atom is 0.328 e. The van der Waals surface area contributed by atoms with Gasteiger partial charge in [-0.3, -0.25) is 4.79 Å². The average Bonchev–Trinajstić information content (AvgIpc) is 2.72.